The zero-order chi connectivity index (χ0) is 54.3. The summed E-state index contributed by atoms with van der Waals surface area (Å²) in [6, 6.07) is 119. The number of benzene rings is 13. The fourth-order valence-corrected chi connectivity index (χ4v) is 12.1. The zero-order valence-corrected chi connectivity index (χ0v) is 45.0. The third-order valence-electron chi connectivity index (χ3n) is 16.1. The predicted molar refractivity (Wildman–Crippen MR) is 346 cm³/mol. The molecule has 0 amide bonds. The molecule has 0 N–H and O–H groups in total. The fraction of sp³-hybridized carbons (Fsp3) is 0. The van der Waals surface area contributed by atoms with Crippen LogP contribution in [0.5, 0.6) is 0 Å². The minimum Gasteiger partial charge on any atom is -0.310 e. The van der Waals surface area contributed by atoms with E-state index in [-0.39, 0.29) is 0 Å². The summed E-state index contributed by atoms with van der Waals surface area (Å²) in [5, 5.41) is 4.82. The van der Waals surface area contributed by atoms with Crippen LogP contribution in [0.3, 0.4) is 0 Å². The molecule has 15 rings (SSSR count). The van der Waals surface area contributed by atoms with Gasteiger partial charge < -0.3 is 18.9 Å². The maximum absolute atomic E-state index is 2.43. The van der Waals surface area contributed by atoms with Gasteiger partial charge in [0.25, 0.3) is 0 Å². The highest BCUT2D eigenvalue weighted by molar-refractivity contribution is 6.12. The molecule has 2 aromatic heterocycles. The van der Waals surface area contributed by atoms with Gasteiger partial charge in [0.2, 0.25) is 0 Å². The third kappa shape index (κ3) is 8.76. The average Bonchev–Trinajstić information content (AvgIpc) is 4.28. The van der Waals surface area contributed by atoms with Gasteiger partial charge in [0.05, 0.1) is 22.1 Å². The summed E-state index contributed by atoms with van der Waals surface area (Å²) < 4.78 is 4.86. The van der Waals surface area contributed by atoms with Crippen molar-refractivity contribution in [2.45, 2.75) is 0 Å². The highest BCUT2D eigenvalue weighted by atomic mass is 15.2. The maximum atomic E-state index is 2.43. The molecule has 15 aromatic rings. The Morgan fingerprint density at radius 2 is 0.402 bits per heavy atom. The van der Waals surface area contributed by atoms with Crippen LogP contribution < -0.4 is 9.80 Å². The summed E-state index contributed by atoms with van der Waals surface area (Å²) in [6.45, 7) is 0. The number of hydrogen-bond donors (Lipinski definition) is 0. The molecule has 4 nitrogen and oxygen atoms in total. The van der Waals surface area contributed by atoms with Crippen LogP contribution in [-0.4, -0.2) is 9.13 Å². The molecule has 386 valence electrons. The van der Waals surface area contributed by atoms with Crippen molar-refractivity contribution in [2.24, 2.45) is 0 Å². The lowest BCUT2D eigenvalue weighted by Crippen LogP contribution is -2.10. The highest BCUT2D eigenvalue weighted by Crippen LogP contribution is 2.44. The Kier molecular flexibility index (Phi) is 12.2. The molecule has 0 saturated carbocycles. The Hall–Kier alpha value is -10.9. The lowest BCUT2D eigenvalue weighted by molar-refractivity contribution is 1.14. The molecule has 2 heterocycles. The van der Waals surface area contributed by atoms with Crippen LogP contribution in [0.4, 0.5) is 34.1 Å². The number of fused-ring (bicyclic) bond motifs is 6. The number of nitrogens with zero attached hydrogens (tertiary/aromatic N) is 4. The summed E-state index contributed by atoms with van der Waals surface area (Å²) in [6.07, 6.45) is 0. The van der Waals surface area contributed by atoms with E-state index in [2.05, 4.69) is 347 Å². The smallest absolute Gasteiger partial charge is 0.0561 e. The predicted octanol–water partition coefficient (Wildman–Crippen LogP) is 21.5. The van der Waals surface area contributed by atoms with E-state index in [0.717, 1.165) is 67.6 Å². The first-order valence-corrected chi connectivity index (χ1v) is 28.1. The second kappa shape index (κ2) is 20.7. The van der Waals surface area contributed by atoms with Crippen LogP contribution in [0.2, 0.25) is 0 Å². The standard InChI is InChI=1S/C78H54N4/c1-5-17-55(18-6-1)59-29-37-63(38-30-59)79(64-39-31-60(32-40-64)56-19-7-2-8-20-56)69-49-51-73-71-25-13-15-27-75(71)81(77(73)53-69)67-45-47-68(48-46-67)82-76-28-16-14-26-72(76)74-52-50-70(54-78(74)82)80(65-41-33-61(34-42-65)57-21-9-3-10-22-57)66-43-35-62(36-44-66)58-23-11-4-12-24-58/h1-54H. The van der Waals surface area contributed by atoms with E-state index >= 15 is 0 Å². The van der Waals surface area contributed by atoms with Gasteiger partial charge in [-0.1, -0.05) is 218 Å². The van der Waals surface area contributed by atoms with Crippen molar-refractivity contribution in [3.63, 3.8) is 0 Å². The second-order valence-corrected chi connectivity index (χ2v) is 20.9. The molecule has 0 atom stereocenters. The van der Waals surface area contributed by atoms with Crippen molar-refractivity contribution >= 4 is 77.7 Å². The van der Waals surface area contributed by atoms with Crippen molar-refractivity contribution in [3.05, 3.63) is 328 Å². The summed E-state index contributed by atoms with van der Waals surface area (Å²) in [5.74, 6) is 0. The van der Waals surface area contributed by atoms with Gasteiger partial charge in [-0.05, 0) is 154 Å². The molecule has 0 radical (unpaired) electrons. The van der Waals surface area contributed by atoms with E-state index in [1.54, 1.807) is 0 Å². The number of para-hydroxylation sites is 2. The summed E-state index contributed by atoms with van der Waals surface area (Å²) in [4.78, 5) is 4.76. The van der Waals surface area contributed by atoms with Gasteiger partial charge in [0.1, 0.15) is 0 Å². The molecule has 0 spiro atoms. The SMILES string of the molecule is c1ccc(-c2ccc(N(c3ccc(-c4ccccc4)cc3)c3ccc4c5ccccc5n(-c5ccc(-n6c7ccccc7c7ccc(N(c8ccc(-c9ccccc9)cc8)c8ccc(-c9ccccc9)cc8)cc76)cc5)c4c3)cc2)cc1. The molecule has 0 fully saturated rings. The van der Waals surface area contributed by atoms with Crippen molar-refractivity contribution < 1.29 is 0 Å². The Balaban J connectivity index is 0.841. The van der Waals surface area contributed by atoms with Gasteiger partial charge in [-0.3, -0.25) is 0 Å². The number of hydrogen-bond acceptors (Lipinski definition) is 2. The normalized spacial score (nSPS) is 11.4. The number of aromatic nitrogens is 2. The minimum atomic E-state index is 1.07. The molecule has 82 heavy (non-hydrogen) atoms. The molecule has 0 aliphatic heterocycles. The Bertz CT molecular complexity index is 4250. The van der Waals surface area contributed by atoms with Gasteiger partial charge in [-0.2, -0.15) is 0 Å². The fourth-order valence-electron chi connectivity index (χ4n) is 12.1. The maximum Gasteiger partial charge on any atom is 0.0561 e. The van der Waals surface area contributed by atoms with E-state index in [4.69, 9.17) is 0 Å². The van der Waals surface area contributed by atoms with Crippen molar-refractivity contribution in [3.8, 4) is 55.9 Å². The van der Waals surface area contributed by atoms with Crippen LogP contribution >= 0.6 is 0 Å². The van der Waals surface area contributed by atoms with E-state index < -0.39 is 0 Å². The number of anilines is 6. The van der Waals surface area contributed by atoms with Gasteiger partial charge in [-0.15, -0.1) is 0 Å². The molecule has 0 bridgehead atoms. The van der Waals surface area contributed by atoms with Crippen LogP contribution in [0, 0.1) is 0 Å². The zero-order valence-electron chi connectivity index (χ0n) is 45.0. The molecule has 4 heteroatoms. The van der Waals surface area contributed by atoms with Gasteiger partial charge in [-0.25, -0.2) is 0 Å². The third-order valence-corrected chi connectivity index (χ3v) is 16.1. The molecular formula is C78H54N4. The average molecular weight is 1050 g/mol. The molecule has 0 aliphatic carbocycles. The molecule has 0 saturated heterocycles. The minimum absolute atomic E-state index is 1.07. The first-order valence-electron chi connectivity index (χ1n) is 28.1. The van der Waals surface area contributed by atoms with Crippen LogP contribution in [0.1, 0.15) is 0 Å². The molecule has 0 aliphatic rings. The van der Waals surface area contributed by atoms with Gasteiger partial charge in [0.15, 0.2) is 0 Å². The molecule has 0 unspecified atom stereocenters. The first kappa shape index (κ1) is 48.2. The monoisotopic (exact) mass is 1050 g/mol. The topological polar surface area (TPSA) is 16.3 Å². The Morgan fingerprint density at radius 1 is 0.171 bits per heavy atom. The summed E-state index contributed by atoms with van der Waals surface area (Å²) in [5.41, 5.74) is 22.7. The quantitative estimate of drug-likeness (QED) is 0.121. The van der Waals surface area contributed by atoms with E-state index in [0.29, 0.717) is 0 Å². The molecule has 13 aromatic carbocycles. The molecular weight excluding hydrogens is 993 g/mol. The lowest BCUT2D eigenvalue weighted by Gasteiger charge is -2.26. The largest absolute Gasteiger partial charge is 0.310 e. The van der Waals surface area contributed by atoms with Crippen LogP contribution in [0.25, 0.3) is 99.5 Å². The van der Waals surface area contributed by atoms with E-state index in [1.165, 1.54) is 66.1 Å². The Morgan fingerprint density at radius 3 is 0.695 bits per heavy atom. The van der Waals surface area contributed by atoms with Gasteiger partial charge >= 0.3 is 0 Å². The van der Waals surface area contributed by atoms with Crippen molar-refractivity contribution in [2.75, 3.05) is 9.80 Å². The van der Waals surface area contributed by atoms with Crippen molar-refractivity contribution in [1.29, 1.82) is 0 Å². The van der Waals surface area contributed by atoms with Crippen LogP contribution in [-0.2, 0) is 0 Å². The van der Waals surface area contributed by atoms with E-state index in [9.17, 15) is 0 Å². The highest BCUT2D eigenvalue weighted by Gasteiger charge is 2.21. The van der Waals surface area contributed by atoms with Crippen molar-refractivity contribution in [1.82, 2.24) is 9.13 Å². The van der Waals surface area contributed by atoms with Gasteiger partial charge in [0, 0.05) is 67.0 Å². The lowest BCUT2D eigenvalue weighted by atomic mass is 10.0. The second-order valence-electron chi connectivity index (χ2n) is 20.9. The summed E-state index contributed by atoms with van der Waals surface area (Å²) in [7, 11) is 0. The number of rotatable bonds is 12. The van der Waals surface area contributed by atoms with E-state index in [1.807, 2.05) is 0 Å². The van der Waals surface area contributed by atoms with Crippen LogP contribution in [0.15, 0.2) is 328 Å². The summed E-state index contributed by atoms with van der Waals surface area (Å²) >= 11 is 0. The Labute approximate surface area is 477 Å². The first-order chi connectivity index (χ1) is 40.7.